The maximum Gasteiger partial charge on any atom is 0.254 e. The molecule has 0 saturated carbocycles. The number of nitrogens with two attached hydrogens (primary N) is 1. The Balaban J connectivity index is 1.41. The molecule has 3 heterocycles. The van der Waals surface area contributed by atoms with E-state index in [9.17, 15) is 9.18 Å². The molecule has 2 N–H and O–H groups in total. The van der Waals surface area contributed by atoms with Crippen LogP contribution in [0.2, 0.25) is 5.02 Å². The molecule has 1 fully saturated rings. The first-order chi connectivity index (χ1) is 17.2. The molecule has 1 unspecified atom stereocenters. The molecule has 186 valence electrons. The standard InChI is InChI=1S/C26H25ClFN5O2S/c1-15-14-36-23(30-15)21-11-18(28)13-33(21)24(34)17-8-9-20(27)19(10-17)22-31-32-25(35-22)26(2,29)12-16-6-4-3-5-7-16/h3-10,14,18,21H,11-13,29H2,1-2H3/t18-,21+,26?/m0/s1. The average molecular weight is 526 g/mol. The fourth-order valence-electron chi connectivity index (χ4n) is 4.41. The van der Waals surface area contributed by atoms with Crippen LogP contribution in [0.25, 0.3) is 11.5 Å². The molecule has 0 radical (unpaired) electrons. The van der Waals surface area contributed by atoms with Gasteiger partial charge in [0.15, 0.2) is 0 Å². The Morgan fingerprint density at radius 2 is 2.06 bits per heavy atom. The Kier molecular flexibility index (Phi) is 6.63. The van der Waals surface area contributed by atoms with Crippen LogP contribution in [0.5, 0.6) is 0 Å². The van der Waals surface area contributed by atoms with E-state index in [0.717, 1.165) is 16.3 Å². The first-order valence-electron chi connectivity index (χ1n) is 11.5. The van der Waals surface area contributed by atoms with Gasteiger partial charge in [-0.3, -0.25) is 4.79 Å². The van der Waals surface area contributed by atoms with E-state index in [1.54, 1.807) is 18.2 Å². The van der Waals surface area contributed by atoms with Crippen LogP contribution in [0, 0.1) is 6.92 Å². The molecule has 10 heteroatoms. The number of alkyl halides is 1. The van der Waals surface area contributed by atoms with E-state index >= 15 is 0 Å². The number of nitrogens with zero attached hydrogens (tertiary/aromatic N) is 4. The maximum atomic E-state index is 14.4. The molecule has 1 amide bonds. The van der Waals surface area contributed by atoms with Gasteiger partial charge in [-0.05, 0) is 44.0 Å². The Morgan fingerprint density at radius 1 is 1.28 bits per heavy atom. The van der Waals surface area contributed by atoms with Crippen LogP contribution in [-0.4, -0.2) is 38.7 Å². The van der Waals surface area contributed by atoms with E-state index in [1.165, 1.54) is 16.2 Å². The van der Waals surface area contributed by atoms with Crippen LogP contribution in [0.15, 0.2) is 58.3 Å². The second-order valence-electron chi connectivity index (χ2n) is 9.32. The number of carbonyl (C=O) groups is 1. The summed E-state index contributed by atoms with van der Waals surface area (Å²) in [7, 11) is 0. The highest BCUT2D eigenvalue weighted by atomic mass is 35.5. The summed E-state index contributed by atoms with van der Waals surface area (Å²) in [4.78, 5) is 19.5. The van der Waals surface area contributed by atoms with Crippen molar-refractivity contribution in [3.8, 4) is 11.5 Å². The summed E-state index contributed by atoms with van der Waals surface area (Å²) in [6, 6.07) is 14.2. The van der Waals surface area contributed by atoms with E-state index in [4.69, 9.17) is 21.8 Å². The van der Waals surface area contributed by atoms with Crippen molar-refractivity contribution < 1.29 is 13.6 Å². The van der Waals surface area contributed by atoms with Crippen molar-refractivity contribution in [1.82, 2.24) is 20.1 Å². The summed E-state index contributed by atoms with van der Waals surface area (Å²) < 4.78 is 20.3. The third-order valence-electron chi connectivity index (χ3n) is 6.20. The van der Waals surface area contributed by atoms with Crippen molar-refractivity contribution in [2.45, 2.75) is 44.4 Å². The lowest BCUT2D eigenvalue weighted by Gasteiger charge is -2.23. The minimum Gasteiger partial charge on any atom is -0.419 e. The average Bonchev–Trinajstić information content (AvgIpc) is 3.59. The van der Waals surface area contributed by atoms with Crippen LogP contribution >= 0.6 is 22.9 Å². The smallest absolute Gasteiger partial charge is 0.254 e. The largest absolute Gasteiger partial charge is 0.419 e. The Morgan fingerprint density at radius 3 is 2.78 bits per heavy atom. The number of aromatic nitrogens is 3. The number of likely N-dealkylation sites (tertiary alicyclic amines) is 1. The fourth-order valence-corrected chi connectivity index (χ4v) is 5.53. The number of benzene rings is 2. The number of hydrogen-bond acceptors (Lipinski definition) is 7. The zero-order valence-corrected chi connectivity index (χ0v) is 21.4. The van der Waals surface area contributed by atoms with Crippen molar-refractivity contribution in [1.29, 1.82) is 0 Å². The summed E-state index contributed by atoms with van der Waals surface area (Å²) in [5, 5.41) is 11.3. The maximum absolute atomic E-state index is 14.4. The zero-order chi connectivity index (χ0) is 25.4. The summed E-state index contributed by atoms with van der Waals surface area (Å²) in [5.74, 6) is 0.109. The number of hydrogen-bond donors (Lipinski definition) is 1. The summed E-state index contributed by atoms with van der Waals surface area (Å²) in [6.45, 7) is 3.71. The Bertz CT molecular complexity index is 1390. The third kappa shape index (κ3) is 4.91. The summed E-state index contributed by atoms with van der Waals surface area (Å²) in [6.07, 6.45) is -0.387. The lowest BCUT2D eigenvalue weighted by atomic mass is 9.94. The number of carbonyl (C=O) groups excluding carboxylic acids is 1. The molecule has 2 aromatic heterocycles. The van der Waals surface area contributed by atoms with Gasteiger partial charge < -0.3 is 15.1 Å². The van der Waals surface area contributed by atoms with Gasteiger partial charge in [-0.2, -0.15) is 0 Å². The highest BCUT2D eigenvalue weighted by Crippen LogP contribution is 2.37. The molecule has 7 nitrogen and oxygen atoms in total. The van der Waals surface area contributed by atoms with Crippen molar-refractivity contribution >= 4 is 28.8 Å². The summed E-state index contributed by atoms with van der Waals surface area (Å²) >= 11 is 7.88. The predicted octanol–water partition coefficient (Wildman–Crippen LogP) is 5.50. The molecule has 0 bridgehead atoms. The molecule has 0 spiro atoms. The molecule has 0 aliphatic carbocycles. The highest BCUT2D eigenvalue weighted by molar-refractivity contribution is 7.09. The molecule has 5 rings (SSSR count). The molecule has 1 aliphatic rings. The van der Waals surface area contributed by atoms with Crippen LogP contribution < -0.4 is 5.73 Å². The molecule has 36 heavy (non-hydrogen) atoms. The van der Waals surface area contributed by atoms with Gasteiger partial charge in [-0.15, -0.1) is 21.5 Å². The molecule has 2 aromatic carbocycles. The van der Waals surface area contributed by atoms with Crippen LogP contribution in [0.4, 0.5) is 4.39 Å². The monoisotopic (exact) mass is 525 g/mol. The minimum absolute atomic E-state index is 0.00973. The summed E-state index contributed by atoms with van der Waals surface area (Å²) in [5.41, 5.74) is 8.26. The van der Waals surface area contributed by atoms with Gasteiger partial charge in [0.25, 0.3) is 5.91 Å². The van der Waals surface area contributed by atoms with Gasteiger partial charge in [0.05, 0.1) is 28.7 Å². The number of amides is 1. The molecule has 1 saturated heterocycles. The third-order valence-corrected chi connectivity index (χ3v) is 7.60. The van der Waals surface area contributed by atoms with Crippen molar-refractivity contribution in [3.05, 3.63) is 86.7 Å². The zero-order valence-electron chi connectivity index (χ0n) is 19.8. The Hall–Kier alpha value is -3.14. The van der Waals surface area contributed by atoms with E-state index in [-0.39, 0.29) is 30.7 Å². The minimum atomic E-state index is -1.11. The molecule has 4 aromatic rings. The van der Waals surface area contributed by atoms with Gasteiger partial charge in [-0.25, -0.2) is 9.37 Å². The molecule has 3 atom stereocenters. The first-order valence-corrected chi connectivity index (χ1v) is 12.8. The van der Waals surface area contributed by atoms with E-state index in [1.807, 2.05) is 49.6 Å². The number of aryl methyl sites for hydroxylation is 1. The van der Waals surface area contributed by atoms with Gasteiger partial charge in [-0.1, -0.05) is 41.9 Å². The normalized spacial score (nSPS) is 19.4. The van der Waals surface area contributed by atoms with Gasteiger partial charge in [0.1, 0.15) is 11.2 Å². The quantitative estimate of drug-likeness (QED) is 0.357. The SMILES string of the molecule is Cc1csc([C@H]2C[C@H](F)CN2C(=O)c2ccc(Cl)c(-c3nnc(C(C)(N)Cc4ccccc4)o3)c2)n1. The predicted molar refractivity (Wildman–Crippen MR) is 137 cm³/mol. The number of rotatable bonds is 6. The second-order valence-corrected chi connectivity index (χ2v) is 10.6. The lowest BCUT2D eigenvalue weighted by molar-refractivity contribution is 0.0728. The second kappa shape index (κ2) is 9.72. The van der Waals surface area contributed by atoms with Crippen molar-refractivity contribution in [3.63, 3.8) is 0 Å². The molecule has 1 aliphatic heterocycles. The van der Waals surface area contributed by atoms with Gasteiger partial charge in [0, 0.05) is 23.1 Å². The van der Waals surface area contributed by atoms with Gasteiger partial charge in [0.2, 0.25) is 11.8 Å². The highest BCUT2D eigenvalue weighted by Gasteiger charge is 2.38. The lowest BCUT2D eigenvalue weighted by Crippen LogP contribution is -2.35. The topological polar surface area (TPSA) is 98.1 Å². The molecular formula is C26H25ClFN5O2S. The van der Waals surface area contributed by atoms with Crippen molar-refractivity contribution in [2.24, 2.45) is 5.73 Å². The number of thiazole rings is 1. The Labute approximate surface area is 217 Å². The van der Waals surface area contributed by atoms with Gasteiger partial charge >= 0.3 is 0 Å². The van der Waals surface area contributed by atoms with E-state index in [0.29, 0.717) is 22.6 Å². The van der Waals surface area contributed by atoms with E-state index < -0.39 is 17.8 Å². The van der Waals surface area contributed by atoms with Crippen LogP contribution in [0.1, 0.15) is 51.9 Å². The number of halogens is 2. The van der Waals surface area contributed by atoms with E-state index in [2.05, 4.69) is 15.2 Å². The van der Waals surface area contributed by atoms with Crippen LogP contribution in [0.3, 0.4) is 0 Å². The van der Waals surface area contributed by atoms with Crippen LogP contribution in [-0.2, 0) is 12.0 Å². The molecular weight excluding hydrogens is 501 g/mol. The first kappa shape index (κ1) is 24.5. The van der Waals surface area contributed by atoms with Crippen molar-refractivity contribution in [2.75, 3.05) is 6.54 Å². The fraction of sp³-hybridized carbons (Fsp3) is 0.308.